The van der Waals surface area contributed by atoms with Crippen LogP contribution in [0.3, 0.4) is 0 Å². The minimum Gasteiger partial charge on any atom is -0.355 e. The summed E-state index contributed by atoms with van der Waals surface area (Å²) in [5, 5.41) is 3.53. The molecule has 0 saturated heterocycles. The highest BCUT2D eigenvalue weighted by molar-refractivity contribution is 7.99. The van der Waals surface area contributed by atoms with E-state index in [1.807, 2.05) is 20.8 Å². The lowest BCUT2D eigenvalue weighted by atomic mass is 9.97. The van der Waals surface area contributed by atoms with Gasteiger partial charge in [0.05, 0.1) is 16.4 Å². The Bertz CT molecular complexity index is 914. The fourth-order valence-electron chi connectivity index (χ4n) is 3.27. The van der Waals surface area contributed by atoms with Crippen molar-refractivity contribution in [3.63, 3.8) is 0 Å². The first-order chi connectivity index (χ1) is 13.0. The van der Waals surface area contributed by atoms with Crippen molar-refractivity contribution in [1.82, 2.24) is 15.3 Å². The van der Waals surface area contributed by atoms with Gasteiger partial charge in [0.2, 0.25) is 5.91 Å². The smallest absolute Gasteiger partial charge is 0.259 e. The van der Waals surface area contributed by atoms with Crippen molar-refractivity contribution >= 4 is 39.2 Å². The van der Waals surface area contributed by atoms with Crippen LogP contribution in [0.15, 0.2) is 16.4 Å². The molecule has 5 nitrogen and oxygen atoms in total. The van der Waals surface area contributed by atoms with E-state index in [-0.39, 0.29) is 16.7 Å². The van der Waals surface area contributed by atoms with Crippen LogP contribution in [0.4, 0.5) is 0 Å². The zero-order chi connectivity index (χ0) is 19.4. The Kier molecular flexibility index (Phi) is 6.76. The van der Waals surface area contributed by atoms with Crippen molar-refractivity contribution in [3.8, 4) is 0 Å². The monoisotopic (exact) mass is 405 g/mol. The molecule has 1 aliphatic rings. The molecule has 2 aromatic rings. The van der Waals surface area contributed by atoms with Gasteiger partial charge in [0.1, 0.15) is 10.7 Å². The van der Waals surface area contributed by atoms with Crippen LogP contribution in [0.5, 0.6) is 0 Å². The molecule has 0 fully saturated rings. The highest BCUT2D eigenvalue weighted by Crippen LogP contribution is 2.26. The number of thiophene rings is 1. The number of H-pyrrole nitrogens is 1. The second-order valence-electron chi connectivity index (χ2n) is 7.08. The average Bonchev–Trinajstić information content (AvgIpc) is 2.94. The van der Waals surface area contributed by atoms with E-state index in [0.29, 0.717) is 23.5 Å². The number of aromatic amines is 1. The summed E-state index contributed by atoms with van der Waals surface area (Å²) >= 11 is 3.04. The van der Waals surface area contributed by atoms with Gasteiger partial charge in [-0.05, 0) is 58.4 Å². The summed E-state index contributed by atoms with van der Waals surface area (Å²) in [5.41, 5.74) is 2.39. The van der Waals surface area contributed by atoms with E-state index in [0.717, 1.165) is 21.7 Å². The normalized spacial score (nSPS) is 15.6. The van der Waals surface area contributed by atoms with Gasteiger partial charge in [0, 0.05) is 11.4 Å². The van der Waals surface area contributed by atoms with Crippen molar-refractivity contribution in [3.05, 3.63) is 38.3 Å². The molecule has 0 aliphatic heterocycles. The molecule has 0 bridgehead atoms. The van der Waals surface area contributed by atoms with Crippen molar-refractivity contribution < 1.29 is 4.79 Å². The quantitative estimate of drug-likeness (QED) is 0.676. The number of thioether (sulfide) groups is 1. The van der Waals surface area contributed by atoms with Crippen LogP contribution in [-0.4, -0.2) is 27.7 Å². The van der Waals surface area contributed by atoms with E-state index in [2.05, 4.69) is 21.4 Å². The van der Waals surface area contributed by atoms with Crippen LogP contribution in [-0.2, 0) is 10.5 Å². The molecule has 7 heteroatoms. The first kappa shape index (κ1) is 20.1. The molecule has 2 heterocycles. The molecule has 0 radical (unpaired) electrons. The van der Waals surface area contributed by atoms with Crippen LogP contribution >= 0.6 is 23.1 Å². The summed E-state index contributed by atoms with van der Waals surface area (Å²) < 4.78 is 0. The van der Waals surface area contributed by atoms with E-state index in [4.69, 9.17) is 0 Å². The second-order valence-corrected chi connectivity index (χ2v) is 9.61. The Morgan fingerprint density at radius 2 is 2.22 bits per heavy atom. The number of hydrogen-bond acceptors (Lipinski definition) is 5. The van der Waals surface area contributed by atoms with E-state index in [1.54, 1.807) is 11.3 Å². The van der Waals surface area contributed by atoms with E-state index in [9.17, 15) is 9.59 Å². The maximum absolute atomic E-state index is 12.3. The Balaban J connectivity index is 1.51. The standard InChI is InChI=1S/C20H27N3O2S2/c1-12-13(2)27-20-17(12)19(25)22-16(23-20)11-26-14(3)18(24)21-10-9-15-7-5-4-6-8-15/h7,14H,4-6,8-11H2,1-3H3,(H,21,24)(H,22,23,25). The lowest BCUT2D eigenvalue weighted by molar-refractivity contribution is -0.120. The molecular formula is C20H27N3O2S2. The fraction of sp³-hybridized carbons (Fsp3) is 0.550. The molecule has 2 aromatic heterocycles. The van der Waals surface area contributed by atoms with Crippen LogP contribution in [0.1, 0.15) is 55.3 Å². The molecule has 146 valence electrons. The summed E-state index contributed by atoms with van der Waals surface area (Å²) in [6.07, 6.45) is 8.17. The Morgan fingerprint density at radius 3 is 2.96 bits per heavy atom. The van der Waals surface area contributed by atoms with Crippen molar-refractivity contribution in [2.45, 2.75) is 63.9 Å². The summed E-state index contributed by atoms with van der Waals surface area (Å²) in [5.74, 6) is 1.19. The molecule has 0 saturated carbocycles. The first-order valence-corrected chi connectivity index (χ1v) is 11.4. The number of aromatic nitrogens is 2. The zero-order valence-corrected chi connectivity index (χ0v) is 17.8. The lowest BCUT2D eigenvalue weighted by Crippen LogP contribution is -2.32. The maximum atomic E-state index is 12.3. The summed E-state index contributed by atoms with van der Waals surface area (Å²) in [4.78, 5) is 34.0. The van der Waals surface area contributed by atoms with Crippen LogP contribution < -0.4 is 10.9 Å². The van der Waals surface area contributed by atoms with E-state index < -0.39 is 0 Å². The molecule has 27 heavy (non-hydrogen) atoms. The molecule has 1 unspecified atom stereocenters. The summed E-state index contributed by atoms with van der Waals surface area (Å²) in [7, 11) is 0. The third-order valence-corrected chi connectivity index (χ3v) is 7.31. The fourth-order valence-corrected chi connectivity index (χ4v) is 5.10. The first-order valence-electron chi connectivity index (χ1n) is 9.52. The van der Waals surface area contributed by atoms with E-state index >= 15 is 0 Å². The second kappa shape index (κ2) is 9.06. The van der Waals surface area contributed by atoms with Gasteiger partial charge in [0.15, 0.2) is 0 Å². The van der Waals surface area contributed by atoms with Crippen LogP contribution in [0.2, 0.25) is 0 Å². The van der Waals surface area contributed by atoms with Gasteiger partial charge in [0.25, 0.3) is 5.56 Å². The number of carbonyl (C=O) groups is 1. The Morgan fingerprint density at radius 1 is 1.41 bits per heavy atom. The number of aryl methyl sites for hydroxylation is 2. The van der Waals surface area contributed by atoms with Gasteiger partial charge in [-0.15, -0.1) is 23.1 Å². The third kappa shape index (κ3) is 5.02. The molecule has 1 amide bonds. The number of allylic oxidation sites excluding steroid dienone is 1. The summed E-state index contributed by atoms with van der Waals surface area (Å²) in [6.45, 7) is 6.56. The number of carbonyl (C=O) groups excluding carboxylic acids is 1. The number of amides is 1. The van der Waals surface area contributed by atoms with Crippen LogP contribution in [0, 0.1) is 13.8 Å². The van der Waals surface area contributed by atoms with Gasteiger partial charge in [-0.1, -0.05) is 11.6 Å². The minimum atomic E-state index is -0.182. The van der Waals surface area contributed by atoms with Gasteiger partial charge in [-0.25, -0.2) is 4.98 Å². The van der Waals surface area contributed by atoms with Gasteiger partial charge >= 0.3 is 0 Å². The highest BCUT2D eigenvalue weighted by Gasteiger charge is 2.16. The van der Waals surface area contributed by atoms with E-state index in [1.165, 1.54) is 43.0 Å². The van der Waals surface area contributed by atoms with Crippen molar-refractivity contribution in [2.24, 2.45) is 0 Å². The lowest BCUT2D eigenvalue weighted by Gasteiger charge is -2.15. The molecule has 2 N–H and O–H groups in total. The van der Waals surface area contributed by atoms with Crippen LogP contribution in [0.25, 0.3) is 10.2 Å². The molecule has 0 spiro atoms. The number of fused-ring (bicyclic) bond motifs is 1. The summed E-state index contributed by atoms with van der Waals surface area (Å²) in [6, 6.07) is 0. The largest absolute Gasteiger partial charge is 0.355 e. The van der Waals surface area contributed by atoms with Gasteiger partial charge in [-0.3, -0.25) is 9.59 Å². The molecule has 0 aromatic carbocycles. The van der Waals surface area contributed by atoms with Crippen molar-refractivity contribution in [2.75, 3.05) is 6.54 Å². The maximum Gasteiger partial charge on any atom is 0.259 e. The number of hydrogen-bond donors (Lipinski definition) is 2. The topological polar surface area (TPSA) is 74.8 Å². The highest BCUT2D eigenvalue weighted by atomic mass is 32.2. The zero-order valence-electron chi connectivity index (χ0n) is 16.2. The third-order valence-electron chi connectivity index (χ3n) is 5.06. The average molecular weight is 406 g/mol. The van der Waals surface area contributed by atoms with Gasteiger partial charge in [-0.2, -0.15) is 0 Å². The number of nitrogens with one attached hydrogen (secondary N) is 2. The minimum absolute atomic E-state index is 0.0441. The SMILES string of the molecule is Cc1sc2nc(CSC(C)C(=O)NCCC3=CCCCC3)[nH]c(=O)c2c1C. The number of rotatable bonds is 7. The Hall–Kier alpha value is -1.60. The Labute approximate surface area is 168 Å². The molecule has 1 atom stereocenters. The molecule has 3 rings (SSSR count). The predicted molar refractivity (Wildman–Crippen MR) is 115 cm³/mol. The molecule has 1 aliphatic carbocycles. The number of nitrogens with zero attached hydrogens (tertiary/aromatic N) is 1. The van der Waals surface area contributed by atoms with Crippen molar-refractivity contribution in [1.29, 1.82) is 0 Å². The predicted octanol–water partition coefficient (Wildman–Crippen LogP) is 4.23. The van der Waals surface area contributed by atoms with Gasteiger partial charge < -0.3 is 10.3 Å². The molecular weight excluding hydrogens is 378 g/mol.